The molecule has 0 unspecified atom stereocenters. The summed E-state index contributed by atoms with van der Waals surface area (Å²) in [6.07, 6.45) is -5.40. The van der Waals surface area contributed by atoms with Crippen molar-refractivity contribution in [2.45, 2.75) is 18.3 Å². The van der Waals surface area contributed by atoms with E-state index in [0.29, 0.717) is 0 Å². The van der Waals surface area contributed by atoms with E-state index in [9.17, 15) is 19.3 Å². The monoisotopic (exact) mass is 256 g/mol. The van der Waals surface area contributed by atoms with Crippen molar-refractivity contribution in [2.75, 3.05) is 6.61 Å². The standard InChI is InChI=1S/C6H9O9P/c7-2(1-14-16(11,12)13)5-3(8)4(9)6(10)15-5/h2,4-5,7,9H,1H2,(H2,11,12,13)/t2-,4-,5+/m0/s1. The van der Waals surface area contributed by atoms with E-state index < -0.39 is 44.5 Å². The summed E-state index contributed by atoms with van der Waals surface area (Å²) in [6, 6.07) is 0. The predicted molar refractivity (Wildman–Crippen MR) is 44.9 cm³/mol. The fourth-order valence-electron chi connectivity index (χ4n) is 1.05. The lowest BCUT2D eigenvalue weighted by Gasteiger charge is -2.15. The van der Waals surface area contributed by atoms with Gasteiger partial charge in [0.25, 0.3) is 0 Å². The van der Waals surface area contributed by atoms with Gasteiger partial charge in [0.15, 0.2) is 6.10 Å². The molecule has 1 heterocycles. The number of aliphatic hydroxyl groups is 2. The highest BCUT2D eigenvalue weighted by Gasteiger charge is 2.46. The van der Waals surface area contributed by atoms with Crippen molar-refractivity contribution in [3.8, 4) is 0 Å². The molecule has 1 fully saturated rings. The highest BCUT2D eigenvalue weighted by molar-refractivity contribution is 7.46. The Labute approximate surface area is 88.8 Å². The van der Waals surface area contributed by atoms with Gasteiger partial charge in [-0.3, -0.25) is 9.32 Å². The summed E-state index contributed by atoms with van der Waals surface area (Å²) in [4.78, 5) is 38.4. The molecule has 1 aliphatic heterocycles. The minimum absolute atomic E-state index is 0.902. The first-order valence-corrected chi connectivity index (χ1v) is 5.56. The van der Waals surface area contributed by atoms with Gasteiger partial charge in [-0.15, -0.1) is 0 Å². The fourth-order valence-corrected chi connectivity index (χ4v) is 1.40. The molecular weight excluding hydrogens is 247 g/mol. The van der Waals surface area contributed by atoms with Gasteiger partial charge >= 0.3 is 13.8 Å². The molecule has 3 atom stereocenters. The second-order valence-electron chi connectivity index (χ2n) is 3.02. The van der Waals surface area contributed by atoms with E-state index in [0.717, 1.165) is 0 Å². The first-order chi connectivity index (χ1) is 7.22. The number of aliphatic hydroxyl groups excluding tert-OH is 2. The van der Waals surface area contributed by atoms with Crippen molar-refractivity contribution in [1.29, 1.82) is 0 Å². The van der Waals surface area contributed by atoms with Gasteiger partial charge in [0.2, 0.25) is 11.9 Å². The molecule has 10 heteroatoms. The average Bonchev–Trinajstić information content (AvgIpc) is 2.41. The summed E-state index contributed by atoms with van der Waals surface area (Å²) in [5.74, 6) is -2.29. The molecule has 4 N–H and O–H groups in total. The molecule has 92 valence electrons. The molecule has 0 aromatic carbocycles. The largest absolute Gasteiger partial charge is 0.469 e. The third kappa shape index (κ3) is 3.08. The van der Waals surface area contributed by atoms with Crippen LogP contribution in [-0.2, 0) is 23.4 Å². The molecular formula is C6H9O9P. The maximum Gasteiger partial charge on any atom is 0.469 e. The molecule has 0 amide bonds. The van der Waals surface area contributed by atoms with Crippen molar-refractivity contribution in [1.82, 2.24) is 0 Å². The Morgan fingerprint density at radius 2 is 2.00 bits per heavy atom. The quantitative estimate of drug-likeness (QED) is 0.239. The summed E-state index contributed by atoms with van der Waals surface area (Å²) in [7, 11) is -4.78. The van der Waals surface area contributed by atoms with Crippen LogP contribution in [0.4, 0.5) is 0 Å². The van der Waals surface area contributed by atoms with Crippen LogP contribution in [0.5, 0.6) is 0 Å². The van der Waals surface area contributed by atoms with E-state index in [4.69, 9.17) is 14.9 Å². The van der Waals surface area contributed by atoms with Crippen LogP contribution in [0.25, 0.3) is 0 Å². The number of Topliss-reactive ketones (excluding diaryl/α,β-unsaturated/α-hetero) is 1. The van der Waals surface area contributed by atoms with Crippen LogP contribution < -0.4 is 0 Å². The van der Waals surface area contributed by atoms with E-state index in [1.807, 2.05) is 0 Å². The molecule has 0 aromatic heterocycles. The highest BCUT2D eigenvalue weighted by atomic mass is 31.2. The van der Waals surface area contributed by atoms with Gasteiger partial charge in [-0.1, -0.05) is 0 Å². The molecule has 0 aromatic rings. The Morgan fingerprint density at radius 1 is 1.44 bits per heavy atom. The first kappa shape index (κ1) is 13.2. The number of rotatable bonds is 4. The maximum absolute atomic E-state index is 11.1. The van der Waals surface area contributed by atoms with E-state index in [2.05, 4.69) is 9.26 Å². The Balaban J connectivity index is 2.56. The van der Waals surface area contributed by atoms with Crippen LogP contribution >= 0.6 is 7.82 Å². The molecule has 0 aliphatic carbocycles. The van der Waals surface area contributed by atoms with Gasteiger partial charge in [-0.05, 0) is 0 Å². The molecule has 0 spiro atoms. The summed E-state index contributed by atoms with van der Waals surface area (Å²) in [6.45, 7) is -0.902. The lowest BCUT2D eigenvalue weighted by molar-refractivity contribution is -0.151. The Hall–Kier alpha value is -0.830. The average molecular weight is 256 g/mol. The van der Waals surface area contributed by atoms with Crippen molar-refractivity contribution in [2.24, 2.45) is 0 Å². The number of phosphoric ester groups is 1. The van der Waals surface area contributed by atoms with E-state index >= 15 is 0 Å². The number of carbonyl (C=O) groups excluding carboxylic acids is 2. The number of ether oxygens (including phenoxy) is 1. The Kier molecular flexibility index (Phi) is 3.79. The fraction of sp³-hybridized carbons (Fsp3) is 0.667. The van der Waals surface area contributed by atoms with Crippen LogP contribution in [0, 0.1) is 0 Å². The predicted octanol–water partition coefficient (Wildman–Crippen LogP) is -2.69. The molecule has 0 saturated carbocycles. The van der Waals surface area contributed by atoms with E-state index in [-0.39, 0.29) is 0 Å². The van der Waals surface area contributed by atoms with Crippen LogP contribution in [0.1, 0.15) is 0 Å². The summed E-state index contributed by atoms with van der Waals surface area (Å²) in [5.41, 5.74) is 0. The number of hydrogen-bond acceptors (Lipinski definition) is 7. The zero-order chi connectivity index (χ0) is 12.5. The normalized spacial score (nSPS) is 28.0. The second kappa shape index (κ2) is 4.58. The molecule has 9 nitrogen and oxygen atoms in total. The van der Waals surface area contributed by atoms with Crippen LogP contribution in [0.3, 0.4) is 0 Å². The SMILES string of the molecule is O=C1O[C@H]([C@@H](O)COP(=O)(O)O)C(=O)[C@@H]1O. The van der Waals surface area contributed by atoms with Crippen LogP contribution in [0.2, 0.25) is 0 Å². The smallest absolute Gasteiger partial charge is 0.449 e. The zero-order valence-electron chi connectivity index (χ0n) is 7.72. The van der Waals surface area contributed by atoms with Gasteiger partial charge < -0.3 is 24.7 Å². The number of esters is 1. The second-order valence-corrected chi connectivity index (χ2v) is 4.26. The molecule has 1 rings (SSSR count). The van der Waals surface area contributed by atoms with Gasteiger partial charge in [-0.25, -0.2) is 9.36 Å². The van der Waals surface area contributed by atoms with Gasteiger partial charge in [-0.2, -0.15) is 0 Å². The van der Waals surface area contributed by atoms with E-state index in [1.165, 1.54) is 0 Å². The lowest BCUT2D eigenvalue weighted by Crippen LogP contribution is -2.37. The van der Waals surface area contributed by atoms with Crippen molar-refractivity contribution >= 4 is 19.6 Å². The minimum atomic E-state index is -4.78. The number of ketones is 1. The van der Waals surface area contributed by atoms with Gasteiger partial charge in [0, 0.05) is 0 Å². The Morgan fingerprint density at radius 3 is 2.38 bits per heavy atom. The number of carbonyl (C=O) groups is 2. The zero-order valence-corrected chi connectivity index (χ0v) is 8.61. The molecule has 1 aliphatic rings. The minimum Gasteiger partial charge on any atom is -0.449 e. The molecule has 16 heavy (non-hydrogen) atoms. The number of hydrogen-bond donors (Lipinski definition) is 4. The van der Waals surface area contributed by atoms with Crippen LogP contribution in [0.15, 0.2) is 0 Å². The molecule has 0 bridgehead atoms. The number of phosphoric acid groups is 1. The summed E-state index contributed by atoms with van der Waals surface area (Å²) >= 11 is 0. The third-order valence-electron chi connectivity index (χ3n) is 1.78. The molecule has 0 radical (unpaired) electrons. The van der Waals surface area contributed by atoms with Gasteiger partial charge in [0.05, 0.1) is 6.61 Å². The first-order valence-electron chi connectivity index (χ1n) is 4.03. The van der Waals surface area contributed by atoms with Crippen molar-refractivity contribution < 1.29 is 43.4 Å². The van der Waals surface area contributed by atoms with Crippen molar-refractivity contribution in [3.05, 3.63) is 0 Å². The summed E-state index contributed by atoms with van der Waals surface area (Å²) < 4.78 is 18.5. The lowest BCUT2D eigenvalue weighted by atomic mass is 10.1. The summed E-state index contributed by atoms with van der Waals surface area (Å²) in [5, 5.41) is 18.1. The van der Waals surface area contributed by atoms with Crippen molar-refractivity contribution in [3.63, 3.8) is 0 Å². The molecule has 1 saturated heterocycles. The van der Waals surface area contributed by atoms with E-state index in [1.54, 1.807) is 0 Å². The Bertz CT molecular complexity index is 346. The number of cyclic esters (lactones) is 1. The third-order valence-corrected chi connectivity index (χ3v) is 2.26. The van der Waals surface area contributed by atoms with Gasteiger partial charge in [0.1, 0.15) is 6.10 Å². The van der Waals surface area contributed by atoms with Crippen LogP contribution in [-0.4, -0.2) is 56.7 Å². The maximum atomic E-state index is 11.1. The topological polar surface area (TPSA) is 151 Å². The highest BCUT2D eigenvalue weighted by Crippen LogP contribution is 2.36.